The molecule has 0 spiro atoms. The summed E-state index contributed by atoms with van der Waals surface area (Å²) in [6.07, 6.45) is 0. The molecule has 0 aliphatic carbocycles. The summed E-state index contributed by atoms with van der Waals surface area (Å²) in [5, 5.41) is 7.46. The predicted molar refractivity (Wildman–Crippen MR) is 82.0 cm³/mol. The van der Waals surface area contributed by atoms with E-state index in [4.69, 9.17) is 10.5 Å². The smallest absolute Gasteiger partial charge is 0.122 e. The Morgan fingerprint density at radius 2 is 2.00 bits per heavy atom. The van der Waals surface area contributed by atoms with E-state index >= 15 is 0 Å². The molecule has 0 aliphatic heterocycles. The molecule has 2 rings (SSSR count). The van der Waals surface area contributed by atoms with Crippen molar-refractivity contribution in [3.05, 3.63) is 34.5 Å². The standard InChI is InChI=1S/C16H23N3O/c1-9(2)12-7-13(10(3)6-15(12)20-5)16-14(8-17)11(4)18-19-16/h6-7,9H,8,17H2,1-5H3,(H,18,19). The first-order valence-electron chi connectivity index (χ1n) is 6.92. The number of nitrogens with two attached hydrogens (primary N) is 1. The van der Waals surface area contributed by atoms with Gasteiger partial charge in [-0.15, -0.1) is 0 Å². The van der Waals surface area contributed by atoms with E-state index in [9.17, 15) is 0 Å². The minimum Gasteiger partial charge on any atom is -0.496 e. The SMILES string of the molecule is COc1cc(C)c(-c2n[nH]c(C)c2CN)cc1C(C)C. The molecule has 2 aromatic rings. The van der Waals surface area contributed by atoms with Crippen molar-refractivity contribution in [2.24, 2.45) is 5.73 Å². The van der Waals surface area contributed by atoms with E-state index in [2.05, 4.69) is 43.1 Å². The summed E-state index contributed by atoms with van der Waals surface area (Å²) >= 11 is 0. The van der Waals surface area contributed by atoms with E-state index in [0.717, 1.165) is 33.8 Å². The van der Waals surface area contributed by atoms with Gasteiger partial charge in [-0.05, 0) is 43.0 Å². The van der Waals surface area contributed by atoms with Crippen molar-refractivity contribution in [1.29, 1.82) is 0 Å². The van der Waals surface area contributed by atoms with Crippen molar-refractivity contribution in [2.75, 3.05) is 7.11 Å². The Labute approximate surface area is 120 Å². The lowest BCUT2D eigenvalue weighted by Gasteiger charge is -2.16. The molecule has 1 aromatic heterocycles. The van der Waals surface area contributed by atoms with Crippen LogP contribution in [0, 0.1) is 13.8 Å². The van der Waals surface area contributed by atoms with E-state index in [0.29, 0.717) is 12.5 Å². The molecule has 0 radical (unpaired) electrons. The number of nitrogens with one attached hydrogen (secondary N) is 1. The fourth-order valence-corrected chi connectivity index (χ4v) is 2.51. The number of aromatic nitrogens is 2. The number of aryl methyl sites for hydroxylation is 2. The summed E-state index contributed by atoms with van der Waals surface area (Å²) in [5.41, 5.74) is 12.4. The molecule has 0 fully saturated rings. The lowest BCUT2D eigenvalue weighted by Crippen LogP contribution is -2.01. The summed E-state index contributed by atoms with van der Waals surface area (Å²) in [5.74, 6) is 1.33. The van der Waals surface area contributed by atoms with Crippen LogP contribution in [-0.2, 0) is 6.54 Å². The van der Waals surface area contributed by atoms with Crippen LogP contribution in [-0.4, -0.2) is 17.3 Å². The van der Waals surface area contributed by atoms with Gasteiger partial charge in [0.1, 0.15) is 5.75 Å². The maximum atomic E-state index is 5.85. The largest absolute Gasteiger partial charge is 0.496 e. The van der Waals surface area contributed by atoms with Gasteiger partial charge in [-0.25, -0.2) is 0 Å². The molecule has 1 aromatic carbocycles. The zero-order chi connectivity index (χ0) is 14.9. The number of aromatic amines is 1. The first kappa shape index (κ1) is 14.6. The van der Waals surface area contributed by atoms with Crippen LogP contribution in [0.1, 0.15) is 42.1 Å². The highest BCUT2D eigenvalue weighted by molar-refractivity contribution is 5.70. The highest BCUT2D eigenvalue weighted by Crippen LogP contribution is 2.35. The van der Waals surface area contributed by atoms with Gasteiger partial charge in [0.25, 0.3) is 0 Å². The molecule has 4 nitrogen and oxygen atoms in total. The van der Waals surface area contributed by atoms with Crippen molar-refractivity contribution < 1.29 is 4.74 Å². The van der Waals surface area contributed by atoms with Gasteiger partial charge in [0.15, 0.2) is 0 Å². The van der Waals surface area contributed by atoms with E-state index in [1.165, 1.54) is 5.56 Å². The van der Waals surface area contributed by atoms with Crippen LogP contribution in [0.4, 0.5) is 0 Å². The van der Waals surface area contributed by atoms with E-state index in [1.54, 1.807) is 7.11 Å². The van der Waals surface area contributed by atoms with Crippen LogP contribution in [0.3, 0.4) is 0 Å². The van der Waals surface area contributed by atoms with Gasteiger partial charge in [0, 0.05) is 23.4 Å². The molecular formula is C16H23N3O. The van der Waals surface area contributed by atoms with Gasteiger partial charge in [-0.1, -0.05) is 13.8 Å². The molecule has 1 heterocycles. The third-order valence-electron chi connectivity index (χ3n) is 3.73. The van der Waals surface area contributed by atoms with Crippen LogP contribution in [0.5, 0.6) is 5.75 Å². The molecule has 108 valence electrons. The van der Waals surface area contributed by atoms with E-state index in [1.807, 2.05) is 6.92 Å². The molecule has 0 saturated heterocycles. The maximum absolute atomic E-state index is 5.85. The van der Waals surface area contributed by atoms with Crippen LogP contribution < -0.4 is 10.5 Å². The topological polar surface area (TPSA) is 63.9 Å². The van der Waals surface area contributed by atoms with Gasteiger partial charge < -0.3 is 10.5 Å². The number of rotatable bonds is 4. The summed E-state index contributed by atoms with van der Waals surface area (Å²) in [4.78, 5) is 0. The second kappa shape index (κ2) is 5.67. The molecular weight excluding hydrogens is 250 g/mol. The van der Waals surface area contributed by atoms with Gasteiger partial charge >= 0.3 is 0 Å². The number of hydrogen-bond donors (Lipinski definition) is 2. The van der Waals surface area contributed by atoms with Crippen molar-refractivity contribution in [3.63, 3.8) is 0 Å². The molecule has 0 amide bonds. The number of nitrogens with zero attached hydrogens (tertiary/aromatic N) is 1. The van der Waals surface area contributed by atoms with E-state index in [-0.39, 0.29) is 0 Å². The maximum Gasteiger partial charge on any atom is 0.122 e. The van der Waals surface area contributed by atoms with Crippen LogP contribution in [0.2, 0.25) is 0 Å². The van der Waals surface area contributed by atoms with Crippen LogP contribution in [0.15, 0.2) is 12.1 Å². The monoisotopic (exact) mass is 273 g/mol. The first-order valence-corrected chi connectivity index (χ1v) is 6.92. The average Bonchev–Trinajstić information content (AvgIpc) is 2.78. The Bertz CT molecular complexity index is 614. The van der Waals surface area contributed by atoms with Gasteiger partial charge in [-0.2, -0.15) is 5.10 Å². The molecule has 20 heavy (non-hydrogen) atoms. The molecule has 0 bridgehead atoms. The number of hydrogen-bond acceptors (Lipinski definition) is 3. The first-order chi connectivity index (χ1) is 9.49. The van der Waals surface area contributed by atoms with Crippen molar-refractivity contribution in [3.8, 4) is 17.0 Å². The third-order valence-corrected chi connectivity index (χ3v) is 3.73. The number of benzene rings is 1. The molecule has 0 aliphatic rings. The summed E-state index contributed by atoms with van der Waals surface area (Å²) in [6.45, 7) is 8.89. The molecule has 0 atom stereocenters. The Morgan fingerprint density at radius 3 is 2.55 bits per heavy atom. The van der Waals surface area contributed by atoms with Gasteiger partial charge in [0.2, 0.25) is 0 Å². The fraction of sp³-hybridized carbons (Fsp3) is 0.438. The van der Waals surface area contributed by atoms with Crippen LogP contribution in [0.25, 0.3) is 11.3 Å². The van der Waals surface area contributed by atoms with Crippen LogP contribution >= 0.6 is 0 Å². The lowest BCUT2D eigenvalue weighted by atomic mass is 9.93. The molecule has 0 saturated carbocycles. The predicted octanol–water partition coefficient (Wildman–Crippen LogP) is 3.28. The Kier molecular flexibility index (Phi) is 4.14. The molecule has 3 N–H and O–H groups in total. The fourth-order valence-electron chi connectivity index (χ4n) is 2.51. The normalized spacial score (nSPS) is 11.2. The third kappa shape index (κ3) is 2.43. The summed E-state index contributed by atoms with van der Waals surface area (Å²) in [7, 11) is 1.71. The Morgan fingerprint density at radius 1 is 1.30 bits per heavy atom. The number of ether oxygens (including phenoxy) is 1. The number of H-pyrrole nitrogens is 1. The van der Waals surface area contributed by atoms with Gasteiger partial charge in [-0.3, -0.25) is 5.10 Å². The average molecular weight is 273 g/mol. The molecule has 4 heteroatoms. The Balaban J connectivity index is 2.65. The second-order valence-electron chi connectivity index (χ2n) is 5.44. The quantitative estimate of drug-likeness (QED) is 0.898. The van der Waals surface area contributed by atoms with Crippen molar-refractivity contribution in [1.82, 2.24) is 10.2 Å². The minimum atomic E-state index is 0.394. The van der Waals surface area contributed by atoms with Crippen molar-refractivity contribution in [2.45, 2.75) is 40.2 Å². The minimum absolute atomic E-state index is 0.394. The summed E-state index contributed by atoms with van der Waals surface area (Å²) < 4.78 is 5.49. The zero-order valence-electron chi connectivity index (χ0n) is 12.9. The zero-order valence-corrected chi connectivity index (χ0v) is 12.9. The summed E-state index contributed by atoms with van der Waals surface area (Å²) in [6, 6.07) is 4.25. The second-order valence-corrected chi connectivity index (χ2v) is 5.44. The van der Waals surface area contributed by atoms with Gasteiger partial charge in [0.05, 0.1) is 12.8 Å². The van der Waals surface area contributed by atoms with E-state index < -0.39 is 0 Å². The molecule has 0 unspecified atom stereocenters. The Hall–Kier alpha value is -1.81. The highest BCUT2D eigenvalue weighted by Gasteiger charge is 2.17. The highest BCUT2D eigenvalue weighted by atomic mass is 16.5. The lowest BCUT2D eigenvalue weighted by molar-refractivity contribution is 0.407. The number of methoxy groups -OCH3 is 1. The van der Waals surface area contributed by atoms with Crippen molar-refractivity contribution >= 4 is 0 Å².